The Balaban J connectivity index is 2.98. The van der Waals surface area contributed by atoms with Gasteiger partial charge in [0.25, 0.3) is 0 Å². The fourth-order valence-corrected chi connectivity index (χ4v) is 3.77. The van der Waals surface area contributed by atoms with Crippen LogP contribution in [0.5, 0.6) is 0 Å². The molecule has 0 radical (unpaired) electrons. The summed E-state index contributed by atoms with van der Waals surface area (Å²) in [7, 11) is 0. The first kappa shape index (κ1) is 30.9. The van der Waals surface area contributed by atoms with Crippen molar-refractivity contribution in [3.05, 3.63) is 18.2 Å². The zero-order valence-electron chi connectivity index (χ0n) is 20.7. The van der Waals surface area contributed by atoms with Crippen LogP contribution in [0.1, 0.15) is 45.2 Å². The van der Waals surface area contributed by atoms with Gasteiger partial charge in [-0.3, -0.25) is 19.2 Å². The summed E-state index contributed by atoms with van der Waals surface area (Å²) in [4.78, 5) is 67.8. The van der Waals surface area contributed by atoms with Gasteiger partial charge in [0, 0.05) is 24.7 Å². The number of aromatic nitrogens is 2. The number of aromatic amines is 1. The predicted octanol–water partition coefficient (Wildman–Crippen LogP) is -0.517. The molecule has 0 aliphatic heterocycles. The number of nitrogens with one attached hydrogen (secondary N) is 4. The van der Waals surface area contributed by atoms with Gasteiger partial charge in [-0.2, -0.15) is 11.8 Å². The van der Waals surface area contributed by atoms with E-state index in [1.165, 1.54) is 24.3 Å². The number of H-pyrrole nitrogens is 1. The number of carboxylic acids is 2. The number of aliphatic carboxylic acids is 2. The Morgan fingerprint density at radius 1 is 1.00 bits per heavy atom. The molecule has 0 spiro atoms. The minimum atomic E-state index is -1.34. The molecular formula is C22H36N6O7S. The van der Waals surface area contributed by atoms with Crippen molar-refractivity contribution in [1.29, 1.82) is 0 Å². The van der Waals surface area contributed by atoms with Gasteiger partial charge in [0.15, 0.2) is 0 Å². The number of amides is 3. The molecule has 1 heterocycles. The van der Waals surface area contributed by atoms with Gasteiger partial charge in [0.1, 0.15) is 18.1 Å². The number of nitrogens with zero attached hydrogens (tertiary/aromatic N) is 1. The number of carboxylic acid groups (broad SMARTS) is 2. The summed E-state index contributed by atoms with van der Waals surface area (Å²) in [5, 5.41) is 26.0. The molecule has 4 atom stereocenters. The second kappa shape index (κ2) is 15.8. The van der Waals surface area contributed by atoms with Gasteiger partial charge in [-0.25, -0.2) is 9.78 Å². The Morgan fingerprint density at radius 2 is 1.58 bits per heavy atom. The summed E-state index contributed by atoms with van der Waals surface area (Å²) in [6, 6.07) is -4.51. The first-order valence-electron chi connectivity index (χ1n) is 11.5. The van der Waals surface area contributed by atoms with E-state index >= 15 is 0 Å². The van der Waals surface area contributed by atoms with Crippen LogP contribution in [-0.4, -0.2) is 86.0 Å². The van der Waals surface area contributed by atoms with E-state index in [9.17, 15) is 29.1 Å². The molecule has 0 bridgehead atoms. The Morgan fingerprint density at radius 3 is 2.08 bits per heavy atom. The second-order valence-corrected chi connectivity index (χ2v) is 9.74. The van der Waals surface area contributed by atoms with Crippen molar-refractivity contribution in [2.75, 3.05) is 12.0 Å². The smallest absolute Gasteiger partial charge is 0.326 e. The minimum Gasteiger partial charge on any atom is -0.481 e. The van der Waals surface area contributed by atoms with Gasteiger partial charge in [-0.05, 0) is 37.2 Å². The maximum Gasteiger partial charge on any atom is 0.326 e. The molecule has 36 heavy (non-hydrogen) atoms. The SMILES string of the molecule is CSCCC(NC(=O)C(N)CC(C)C)C(=O)NC(CCC(=O)O)C(=O)NC(Cc1cnc[nH]1)C(=O)O. The highest BCUT2D eigenvalue weighted by molar-refractivity contribution is 7.98. The number of nitrogens with two attached hydrogens (primary N) is 1. The Hall–Kier alpha value is -3.13. The largest absolute Gasteiger partial charge is 0.481 e. The topological polar surface area (TPSA) is 217 Å². The van der Waals surface area contributed by atoms with Gasteiger partial charge < -0.3 is 36.9 Å². The molecule has 0 saturated heterocycles. The van der Waals surface area contributed by atoms with Gasteiger partial charge in [-0.1, -0.05) is 13.8 Å². The third kappa shape index (κ3) is 11.5. The van der Waals surface area contributed by atoms with Crippen LogP contribution < -0.4 is 21.7 Å². The summed E-state index contributed by atoms with van der Waals surface area (Å²) in [5.41, 5.74) is 6.39. The third-order valence-electron chi connectivity index (χ3n) is 5.18. The van der Waals surface area contributed by atoms with Crippen molar-refractivity contribution in [2.24, 2.45) is 11.7 Å². The lowest BCUT2D eigenvalue weighted by atomic mass is 10.0. The van der Waals surface area contributed by atoms with Crippen molar-refractivity contribution >= 4 is 41.4 Å². The standard InChI is InChI=1S/C22H36N6O7S/c1-12(2)8-14(23)19(31)26-16(6-7-36-3)21(33)27-15(4-5-18(29)30)20(32)28-17(22(34)35)9-13-10-24-11-25-13/h10-12,14-17H,4-9,23H2,1-3H3,(H,24,25)(H,26,31)(H,27,33)(H,28,32)(H,29,30)(H,34,35). The van der Waals surface area contributed by atoms with Crippen molar-refractivity contribution in [3.8, 4) is 0 Å². The van der Waals surface area contributed by atoms with E-state index in [1.807, 2.05) is 20.1 Å². The van der Waals surface area contributed by atoms with Crippen LogP contribution in [0.3, 0.4) is 0 Å². The van der Waals surface area contributed by atoms with Gasteiger partial charge in [-0.15, -0.1) is 0 Å². The number of hydrogen-bond donors (Lipinski definition) is 7. The monoisotopic (exact) mass is 528 g/mol. The highest BCUT2D eigenvalue weighted by atomic mass is 32.2. The van der Waals surface area contributed by atoms with E-state index < -0.39 is 60.2 Å². The Bertz CT molecular complexity index is 880. The lowest BCUT2D eigenvalue weighted by molar-refractivity contribution is -0.143. The van der Waals surface area contributed by atoms with E-state index in [2.05, 4.69) is 25.9 Å². The summed E-state index contributed by atoms with van der Waals surface area (Å²) in [6.07, 6.45) is 4.45. The molecule has 1 aromatic heterocycles. The maximum absolute atomic E-state index is 13.0. The van der Waals surface area contributed by atoms with Crippen molar-refractivity contribution in [1.82, 2.24) is 25.9 Å². The van der Waals surface area contributed by atoms with Crippen LogP contribution >= 0.6 is 11.8 Å². The molecule has 14 heteroatoms. The fraction of sp³-hybridized carbons (Fsp3) is 0.636. The van der Waals surface area contributed by atoms with Crippen LogP contribution in [0.2, 0.25) is 0 Å². The second-order valence-electron chi connectivity index (χ2n) is 8.75. The number of imidazole rings is 1. The molecule has 0 aliphatic carbocycles. The van der Waals surface area contributed by atoms with E-state index in [-0.39, 0.29) is 25.2 Å². The highest BCUT2D eigenvalue weighted by Crippen LogP contribution is 2.08. The molecule has 3 amide bonds. The Kier molecular flexibility index (Phi) is 13.5. The molecule has 1 aromatic rings. The molecule has 1 rings (SSSR count). The first-order valence-corrected chi connectivity index (χ1v) is 12.9. The molecular weight excluding hydrogens is 492 g/mol. The number of rotatable bonds is 17. The van der Waals surface area contributed by atoms with Crippen molar-refractivity contribution < 1.29 is 34.2 Å². The number of carbonyl (C=O) groups excluding carboxylic acids is 3. The normalized spacial score (nSPS) is 14.4. The summed E-state index contributed by atoms with van der Waals surface area (Å²) in [5.74, 6) is -3.89. The fourth-order valence-electron chi connectivity index (χ4n) is 3.30. The van der Waals surface area contributed by atoms with Crippen LogP contribution in [-0.2, 0) is 30.4 Å². The first-order chi connectivity index (χ1) is 16.9. The number of thioether (sulfide) groups is 1. The molecule has 202 valence electrons. The van der Waals surface area contributed by atoms with E-state index in [0.717, 1.165) is 0 Å². The van der Waals surface area contributed by atoms with Crippen LogP contribution in [0.4, 0.5) is 0 Å². The minimum absolute atomic E-state index is 0.0964. The molecule has 0 aromatic carbocycles. The van der Waals surface area contributed by atoms with Gasteiger partial charge in [0.2, 0.25) is 17.7 Å². The number of carbonyl (C=O) groups is 5. The van der Waals surface area contributed by atoms with Crippen LogP contribution in [0.15, 0.2) is 12.5 Å². The van der Waals surface area contributed by atoms with Crippen molar-refractivity contribution in [3.63, 3.8) is 0 Å². The van der Waals surface area contributed by atoms with E-state index in [0.29, 0.717) is 17.9 Å². The quantitative estimate of drug-likeness (QED) is 0.137. The molecule has 0 fully saturated rings. The summed E-state index contributed by atoms with van der Waals surface area (Å²) < 4.78 is 0. The van der Waals surface area contributed by atoms with Crippen molar-refractivity contribution in [2.45, 2.75) is 70.1 Å². The summed E-state index contributed by atoms with van der Waals surface area (Å²) >= 11 is 1.45. The average molecular weight is 529 g/mol. The number of hydrogen-bond acceptors (Lipinski definition) is 8. The molecule has 0 aliphatic rings. The summed E-state index contributed by atoms with van der Waals surface area (Å²) in [6.45, 7) is 3.82. The third-order valence-corrected chi connectivity index (χ3v) is 5.82. The molecule has 13 nitrogen and oxygen atoms in total. The van der Waals surface area contributed by atoms with Crippen LogP contribution in [0, 0.1) is 5.92 Å². The van der Waals surface area contributed by atoms with Gasteiger partial charge >= 0.3 is 11.9 Å². The van der Waals surface area contributed by atoms with Crippen LogP contribution in [0.25, 0.3) is 0 Å². The average Bonchev–Trinajstić information content (AvgIpc) is 3.30. The van der Waals surface area contributed by atoms with E-state index in [4.69, 9.17) is 10.8 Å². The predicted molar refractivity (Wildman–Crippen MR) is 133 cm³/mol. The lowest BCUT2D eigenvalue weighted by Gasteiger charge is -2.25. The Labute approximate surface area is 213 Å². The van der Waals surface area contributed by atoms with E-state index in [1.54, 1.807) is 0 Å². The maximum atomic E-state index is 13.0. The zero-order valence-corrected chi connectivity index (χ0v) is 21.5. The highest BCUT2D eigenvalue weighted by Gasteiger charge is 2.31. The molecule has 4 unspecified atom stereocenters. The lowest BCUT2D eigenvalue weighted by Crippen LogP contribution is -2.57. The van der Waals surface area contributed by atoms with Gasteiger partial charge in [0.05, 0.1) is 12.4 Å². The zero-order chi connectivity index (χ0) is 27.3. The molecule has 8 N–H and O–H groups in total. The molecule has 0 saturated carbocycles.